The summed E-state index contributed by atoms with van der Waals surface area (Å²) in [5, 5.41) is 12.8. The number of aryl methyl sites for hydroxylation is 1. The Morgan fingerprint density at radius 1 is 1.24 bits per heavy atom. The molecule has 0 saturated heterocycles. The molecule has 0 spiro atoms. The highest BCUT2D eigenvalue weighted by Gasteiger charge is 2.08. The number of anilines is 1. The SMILES string of the molecule is CC(=O)Nc1cccc(OCC(O)c2ccc(C)cc2)c1. The van der Waals surface area contributed by atoms with Gasteiger partial charge in [0.2, 0.25) is 5.91 Å². The molecular weight excluding hydrogens is 266 g/mol. The van der Waals surface area contributed by atoms with Gasteiger partial charge in [-0.15, -0.1) is 0 Å². The topological polar surface area (TPSA) is 58.6 Å². The Labute approximate surface area is 124 Å². The quantitative estimate of drug-likeness (QED) is 0.887. The molecule has 0 fully saturated rings. The Morgan fingerprint density at radius 2 is 1.95 bits per heavy atom. The van der Waals surface area contributed by atoms with Crippen molar-refractivity contribution in [1.82, 2.24) is 0 Å². The van der Waals surface area contributed by atoms with Gasteiger partial charge in [-0.05, 0) is 24.6 Å². The summed E-state index contributed by atoms with van der Waals surface area (Å²) in [6.45, 7) is 3.61. The first-order chi connectivity index (χ1) is 10.0. The lowest BCUT2D eigenvalue weighted by molar-refractivity contribution is -0.114. The molecule has 0 aliphatic rings. The number of benzene rings is 2. The van der Waals surface area contributed by atoms with Crippen LogP contribution in [-0.4, -0.2) is 17.6 Å². The van der Waals surface area contributed by atoms with Crippen LogP contribution in [0.3, 0.4) is 0 Å². The highest BCUT2D eigenvalue weighted by atomic mass is 16.5. The van der Waals surface area contributed by atoms with Crippen LogP contribution in [0.15, 0.2) is 48.5 Å². The molecule has 0 heterocycles. The Balaban J connectivity index is 1.96. The minimum atomic E-state index is -0.685. The Hall–Kier alpha value is -2.33. The number of ether oxygens (including phenoxy) is 1. The van der Waals surface area contributed by atoms with Gasteiger partial charge in [0, 0.05) is 18.7 Å². The van der Waals surface area contributed by atoms with E-state index in [1.54, 1.807) is 24.3 Å². The number of aliphatic hydroxyl groups is 1. The maximum atomic E-state index is 11.0. The highest BCUT2D eigenvalue weighted by molar-refractivity contribution is 5.88. The largest absolute Gasteiger partial charge is 0.490 e. The van der Waals surface area contributed by atoms with Gasteiger partial charge in [-0.3, -0.25) is 4.79 Å². The second kappa shape index (κ2) is 6.90. The average Bonchev–Trinajstić information content (AvgIpc) is 2.45. The van der Waals surface area contributed by atoms with Gasteiger partial charge in [-0.1, -0.05) is 35.9 Å². The van der Waals surface area contributed by atoms with E-state index in [0.29, 0.717) is 11.4 Å². The lowest BCUT2D eigenvalue weighted by atomic mass is 10.1. The number of hydrogen-bond donors (Lipinski definition) is 2. The normalized spacial score (nSPS) is 11.8. The molecule has 0 aliphatic heterocycles. The minimum Gasteiger partial charge on any atom is -0.490 e. The van der Waals surface area contributed by atoms with Crippen molar-refractivity contribution in [2.45, 2.75) is 20.0 Å². The molecular formula is C17H19NO3. The van der Waals surface area contributed by atoms with E-state index in [9.17, 15) is 9.90 Å². The number of amides is 1. The van der Waals surface area contributed by atoms with E-state index in [-0.39, 0.29) is 12.5 Å². The third-order valence-corrected chi connectivity index (χ3v) is 3.02. The van der Waals surface area contributed by atoms with Crippen LogP contribution >= 0.6 is 0 Å². The zero-order chi connectivity index (χ0) is 15.2. The van der Waals surface area contributed by atoms with E-state index in [1.807, 2.05) is 31.2 Å². The zero-order valence-electron chi connectivity index (χ0n) is 12.2. The van der Waals surface area contributed by atoms with E-state index in [1.165, 1.54) is 6.92 Å². The van der Waals surface area contributed by atoms with Gasteiger partial charge in [0.1, 0.15) is 18.5 Å². The summed E-state index contributed by atoms with van der Waals surface area (Å²) < 4.78 is 5.57. The number of hydrogen-bond acceptors (Lipinski definition) is 3. The molecule has 110 valence electrons. The molecule has 1 unspecified atom stereocenters. The average molecular weight is 285 g/mol. The van der Waals surface area contributed by atoms with Gasteiger partial charge < -0.3 is 15.2 Å². The van der Waals surface area contributed by atoms with Gasteiger partial charge >= 0.3 is 0 Å². The van der Waals surface area contributed by atoms with Crippen molar-refractivity contribution in [2.24, 2.45) is 0 Å². The maximum absolute atomic E-state index is 11.0. The molecule has 0 aliphatic carbocycles. The van der Waals surface area contributed by atoms with Gasteiger partial charge in [0.05, 0.1) is 0 Å². The Bertz CT molecular complexity index is 608. The van der Waals surface area contributed by atoms with E-state index >= 15 is 0 Å². The second-order valence-corrected chi connectivity index (χ2v) is 4.95. The number of aliphatic hydroxyl groups excluding tert-OH is 1. The summed E-state index contributed by atoms with van der Waals surface area (Å²) in [5.74, 6) is 0.472. The lowest BCUT2D eigenvalue weighted by Gasteiger charge is -2.13. The maximum Gasteiger partial charge on any atom is 0.221 e. The molecule has 0 radical (unpaired) electrons. The van der Waals surface area contributed by atoms with Crippen molar-refractivity contribution < 1.29 is 14.6 Å². The third kappa shape index (κ3) is 4.61. The molecule has 2 aromatic rings. The summed E-state index contributed by atoms with van der Waals surface area (Å²) >= 11 is 0. The Morgan fingerprint density at radius 3 is 2.62 bits per heavy atom. The van der Waals surface area contributed by atoms with Gasteiger partial charge in [0.25, 0.3) is 0 Å². The molecule has 4 nitrogen and oxygen atoms in total. The van der Waals surface area contributed by atoms with Crippen molar-refractivity contribution in [1.29, 1.82) is 0 Å². The van der Waals surface area contributed by atoms with Crippen LogP contribution < -0.4 is 10.1 Å². The molecule has 1 atom stereocenters. The smallest absolute Gasteiger partial charge is 0.221 e. The van der Waals surface area contributed by atoms with Crippen molar-refractivity contribution in [3.05, 3.63) is 59.7 Å². The Kier molecular flexibility index (Phi) is 4.95. The standard InChI is InChI=1S/C17H19NO3/c1-12-6-8-14(9-7-12)17(20)11-21-16-5-3-4-15(10-16)18-13(2)19/h3-10,17,20H,11H2,1-2H3,(H,18,19). The molecule has 2 rings (SSSR count). The fourth-order valence-electron chi connectivity index (χ4n) is 1.93. The fraction of sp³-hybridized carbons (Fsp3) is 0.235. The molecule has 2 aromatic carbocycles. The van der Waals surface area contributed by atoms with Crippen LogP contribution in [-0.2, 0) is 4.79 Å². The second-order valence-electron chi connectivity index (χ2n) is 4.95. The number of nitrogens with one attached hydrogen (secondary N) is 1. The zero-order valence-corrected chi connectivity index (χ0v) is 12.2. The van der Waals surface area contributed by atoms with Crippen molar-refractivity contribution in [3.63, 3.8) is 0 Å². The molecule has 0 saturated carbocycles. The van der Waals surface area contributed by atoms with Crippen LogP contribution in [0.5, 0.6) is 5.75 Å². The minimum absolute atomic E-state index is 0.133. The van der Waals surface area contributed by atoms with Crippen LogP contribution in [0.4, 0.5) is 5.69 Å². The van der Waals surface area contributed by atoms with E-state index in [0.717, 1.165) is 11.1 Å². The monoisotopic (exact) mass is 285 g/mol. The van der Waals surface area contributed by atoms with Gasteiger partial charge in [-0.25, -0.2) is 0 Å². The first-order valence-electron chi connectivity index (χ1n) is 6.79. The van der Waals surface area contributed by atoms with Crippen LogP contribution in [0.2, 0.25) is 0 Å². The van der Waals surface area contributed by atoms with Gasteiger partial charge in [-0.2, -0.15) is 0 Å². The summed E-state index contributed by atoms with van der Waals surface area (Å²) in [7, 11) is 0. The lowest BCUT2D eigenvalue weighted by Crippen LogP contribution is -2.10. The summed E-state index contributed by atoms with van der Waals surface area (Å²) in [6, 6.07) is 14.8. The molecule has 0 bridgehead atoms. The number of rotatable bonds is 5. The van der Waals surface area contributed by atoms with Crippen LogP contribution in [0.25, 0.3) is 0 Å². The van der Waals surface area contributed by atoms with Crippen LogP contribution in [0.1, 0.15) is 24.2 Å². The summed E-state index contributed by atoms with van der Waals surface area (Å²) in [4.78, 5) is 11.0. The van der Waals surface area contributed by atoms with E-state index < -0.39 is 6.10 Å². The molecule has 2 N–H and O–H groups in total. The van der Waals surface area contributed by atoms with E-state index in [2.05, 4.69) is 5.32 Å². The van der Waals surface area contributed by atoms with Crippen molar-refractivity contribution >= 4 is 11.6 Å². The summed E-state index contributed by atoms with van der Waals surface area (Å²) in [6.07, 6.45) is -0.685. The molecule has 1 amide bonds. The predicted molar refractivity (Wildman–Crippen MR) is 82.4 cm³/mol. The highest BCUT2D eigenvalue weighted by Crippen LogP contribution is 2.20. The van der Waals surface area contributed by atoms with Crippen LogP contribution in [0, 0.1) is 6.92 Å². The van der Waals surface area contributed by atoms with Gasteiger partial charge in [0.15, 0.2) is 0 Å². The third-order valence-electron chi connectivity index (χ3n) is 3.02. The van der Waals surface area contributed by atoms with E-state index in [4.69, 9.17) is 4.74 Å². The number of carbonyl (C=O) groups excluding carboxylic acids is 1. The molecule has 0 aromatic heterocycles. The first-order valence-corrected chi connectivity index (χ1v) is 6.79. The molecule has 4 heteroatoms. The predicted octanol–water partition coefficient (Wildman–Crippen LogP) is 3.07. The van der Waals surface area contributed by atoms with Crippen molar-refractivity contribution in [2.75, 3.05) is 11.9 Å². The van der Waals surface area contributed by atoms with Crippen molar-refractivity contribution in [3.8, 4) is 5.75 Å². The summed E-state index contributed by atoms with van der Waals surface area (Å²) in [5.41, 5.74) is 2.64. The fourth-order valence-corrected chi connectivity index (χ4v) is 1.93. The number of carbonyl (C=O) groups is 1. The first kappa shape index (κ1) is 15.1. The molecule has 21 heavy (non-hydrogen) atoms.